The molecule has 0 amide bonds. The summed E-state index contributed by atoms with van der Waals surface area (Å²) in [5.41, 5.74) is 7.52. The molecule has 2 N–H and O–H groups in total. The first-order valence-corrected chi connectivity index (χ1v) is 10.3. The molecule has 146 valence electrons. The van der Waals surface area contributed by atoms with E-state index in [1.165, 1.54) is 0 Å². The predicted octanol–water partition coefficient (Wildman–Crippen LogP) is 5.77. The number of halogens is 1. The monoisotopic (exact) mass is 439 g/mol. The Bertz CT molecular complexity index is 900. The normalized spacial score (nSPS) is 11.4. The van der Waals surface area contributed by atoms with Crippen molar-refractivity contribution in [3.8, 4) is 17.6 Å². The van der Waals surface area contributed by atoms with E-state index in [0.29, 0.717) is 4.47 Å². The quantitative estimate of drug-likeness (QED) is 0.249. The van der Waals surface area contributed by atoms with Gasteiger partial charge in [-0.15, -0.1) is 0 Å². The molecule has 0 aliphatic rings. The van der Waals surface area contributed by atoms with Gasteiger partial charge in [-0.3, -0.25) is 10.4 Å². The van der Waals surface area contributed by atoms with Crippen molar-refractivity contribution in [2.75, 3.05) is 0 Å². The van der Waals surface area contributed by atoms with Crippen LogP contribution in [0.15, 0.2) is 46.2 Å². The van der Waals surface area contributed by atoms with Crippen molar-refractivity contribution in [2.24, 2.45) is 5.10 Å². The topological polar surface area (TPSA) is 57.5 Å². The van der Waals surface area contributed by atoms with Gasteiger partial charge < -0.3 is 5.11 Å². The molecule has 1 aromatic carbocycles. The number of nitrogens with zero attached hydrogens (tertiary/aromatic N) is 2. The third-order valence-corrected chi connectivity index (χ3v) is 4.62. The molecule has 5 heteroatoms. The number of phenols is 1. The van der Waals surface area contributed by atoms with Crippen molar-refractivity contribution in [1.29, 1.82) is 0 Å². The minimum absolute atomic E-state index is 0.250. The molecule has 0 saturated heterocycles. The molecule has 2 rings (SSSR count). The molecular weight excluding hydrogens is 414 g/mol. The van der Waals surface area contributed by atoms with Gasteiger partial charge in [0, 0.05) is 29.9 Å². The van der Waals surface area contributed by atoms with E-state index in [-0.39, 0.29) is 5.75 Å². The van der Waals surface area contributed by atoms with Crippen molar-refractivity contribution in [3.63, 3.8) is 0 Å². The zero-order valence-electron chi connectivity index (χ0n) is 16.6. The summed E-state index contributed by atoms with van der Waals surface area (Å²) >= 11 is 3.35. The first-order chi connectivity index (χ1) is 13.5. The third-order valence-electron chi connectivity index (χ3n) is 4.02. The Morgan fingerprint density at radius 1 is 1.29 bits per heavy atom. The summed E-state index contributed by atoms with van der Waals surface area (Å²) in [4.78, 5) is 4.32. The Balaban J connectivity index is 2.15. The number of phenolic OH excluding ortho intramolecular Hbond substituents is 1. The average Bonchev–Trinajstić information content (AvgIpc) is 2.69. The lowest BCUT2D eigenvalue weighted by Gasteiger charge is -2.08. The minimum atomic E-state index is 0.250. The molecule has 0 unspecified atom stereocenters. The van der Waals surface area contributed by atoms with Gasteiger partial charge in [-0.05, 0) is 65.0 Å². The summed E-state index contributed by atoms with van der Waals surface area (Å²) < 4.78 is 0.650. The van der Waals surface area contributed by atoms with E-state index < -0.39 is 0 Å². The van der Waals surface area contributed by atoms with E-state index in [0.717, 1.165) is 53.6 Å². The van der Waals surface area contributed by atoms with Gasteiger partial charge in [0.25, 0.3) is 0 Å². The van der Waals surface area contributed by atoms with Crippen LogP contribution in [-0.4, -0.2) is 16.3 Å². The number of unbranched alkanes of at least 4 members (excludes halogenated alkanes) is 2. The Kier molecular flexibility index (Phi) is 8.77. The number of aryl methyl sites for hydroxylation is 1. The molecule has 1 heterocycles. The second kappa shape index (κ2) is 11.3. The van der Waals surface area contributed by atoms with E-state index in [1.807, 2.05) is 31.3 Å². The highest BCUT2D eigenvalue weighted by molar-refractivity contribution is 9.10. The molecule has 2 aromatic rings. The maximum atomic E-state index is 9.85. The molecule has 28 heavy (non-hydrogen) atoms. The first kappa shape index (κ1) is 21.7. The van der Waals surface area contributed by atoms with Crippen molar-refractivity contribution < 1.29 is 5.11 Å². The van der Waals surface area contributed by atoms with Gasteiger partial charge in [0.05, 0.1) is 16.4 Å². The standard InChI is InChI=1S/C23H26BrN3O/c1-4-6-7-8-10-18-12-20(16-25-14-18)22(9-5-2)27-26-15-19-11-17(3)23(28)21(24)13-19/h9,11-16,27-28H,4-7H2,1-3H3/b22-9+,26-15+. The van der Waals surface area contributed by atoms with E-state index in [2.05, 4.69) is 63.2 Å². The molecule has 0 spiro atoms. The van der Waals surface area contributed by atoms with Crippen molar-refractivity contribution >= 4 is 27.8 Å². The number of rotatable bonds is 7. The van der Waals surface area contributed by atoms with Crippen molar-refractivity contribution in [2.45, 2.75) is 46.5 Å². The van der Waals surface area contributed by atoms with Crippen LogP contribution in [-0.2, 0) is 0 Å². The van der Waals surface area contributed by atoms with E-state index in [1.54, 1.807) is 12.4 Å². The van der Waals surface area contributed by atoms with Gasteiger partial charge in [-0.25, -0.2) is 0 Å². The number of benzene rings is 1. The fourth-order valence-corrected chi connectivity index (χ4v) is 3.11. The van der Waals surface area contributed by atoms with Gasteiger partial charge >= 0.3 is 0 Å². The van der Waals surface area contributed by atoms with E-state index >= 15 is 0 Å². The van der Waals surface area contributed by atoms with E-state index in [4.69, 9.17) is 0 Å². The average molecular weight is 440 g/mol. The summed E-state index contributed by atoms with van der Waals surface area (Å²) in [5, 5.41) is 14.2. The summed E-state index contributed by atoms with van der Waals surface area (Å²) in [6, 6.07) is 5.73. The number of hydrogen-bond acceptors (Lipinski definition) is 4. The Hall–Kier alpha value is -2.58. The zero-order valence-corrected chi connectivity index (χ0v) is 18.2. The number of hydrazone groups is 1. The highest BCUT2D eigenvalue weighted by Crippen LogP contribution is 2.28. The summed E-state index contributed by atoms with van der Waals surface area (Å²) in [6.07, 6.45) is 11.4. The van der Waals surface area contributed by atoms with E-state index in [9.17, 15) is 5.11 Å². The lowest BCUT2D eigenvalue weighted by Crippen LogP contribution is -2.06. The first-order valence-electron chi connectivity index (χ1n) is 9.47. The van der Waals surface area contributed by atoms with Gasteiger partial charge in [0.2, 0.25) is 0 Å². The predicted molar refractivity (Wildman–Crippen MR) is 120 cm³/mol. The third kappa shape index (κ3) is 6.54. The van der Waals surface area contributed by atoms with Gasteiger partial charge in [0.15, 0.2) is 0 Å². The van der Waals surface area contributed by atoms with Crippen LogP contribution < -0.4 is 5.43 Å². The minimum Gasteiger partial charge on any atom is -0.506 e. The summed E-state index contributed by atoms with van der Waals surface area (Å²) in [7, 11) is 0. The number of allylic oxidation sites excluding steroid dienone is 1. The van der Waals surface area contributed by atoms with Crippen LogP contribution in [0.1, 0.15) is 61.8 Å². The second-order valence-corrected chi connectivity index (χ2v) is 7.29. The van der Waals surface area contributed by atoms with Crippen LogP contribution >= 0.6 is 15.9 Å². The molecule has 0 saturated carbocycles. The van der Waals surface area contributed by atoms with Crippen LogP contribution in [0.5, 0.6) is 5.75 Å². The summed E-state index contributed by atoms with van der Waals surface area (Å²) in [5.74, 6) is 6.63. The molecule has 0 atom stereocenters. The molecular formula is C23H26BrN3O. The van der Waals surface area contributed by atoms with Crippen LogP contribution in [0.2, 0.25) is 0 Å². The van der Waals surface area contributed by atoms with Gasteiger partial charge in [0.1, 0.15) is 5.75 Å². The SMILES string of the molecule is CC/C=C(/N/N=C/c1cc(C)c(O)c(Br)c1)c1cncc(C#CCCCC)c1. The molecule has 1 aromatic heterocycles. The highest BCUT2D eigenvalue weighted by Gasteiger charge is 2.04. The Labute approximate surface area is 175 Å². The van der Waals surface area contributed by atoms with Crippen LogP contribution in [0.3, 0.4) is 0 Å². The lowest BCUT2D eigenvalue weighted by atomic mass is 10.1. The van der Waals surface area contributed by atoms with Gasteiger partial charge in [-0.2, -0.15) is 5.10 Å². The largest absolute Gasteiger partial charge is 0.506 e. The van der Waals surface area contributed by atoms with Crippen LogP contribution in [0, 0.1) is 18.8 Å². The summed E-state index contributed by atoms with van der Waals surface area (Å²) in [6.45, 7) is 6.09. The van der Waals surface area contributed by atoms with Crippen molar-refractivity contribution in [1.82, 2.24) is 10.4 Å². The molecule has 0 fully saturated rings. The van der Waals surface area contributed by atoms with Crippen molar-refractivity contribution in [3.05, 3.63) is 63.4 Å². The Morgan fingerprint density at radius 3 is 2.82 bits per heavy atom. The number of pyridine rings is 1. The number of hydrogen-bond donors (Lipinski definition) is 2. The fourth-order valence-electron chi connectivity index (χ4n) is 2.53. The Morgan fingerprint density at radius 2 is 2.11 bits per heavy atom. The second-order valence-electron chi connectivity index (χ2n) is 6.43. The fraction of sp³-hybridized carbons (Fsp3) is 0.304. The smallest absolute Gasteiger partial charge is 0.132 e. The molecule has 0 bridgehead atoms. The zero-order chi connectivity index (χ0) is 20.4. The van der Waals surface area contributed by atoms with Gasteiger partial charge in [-0.1, -0.05) is 38.2 Å². The number of nitrogens with one attached hydrogen (secondary N) is 1. The molecule has 0 radical (unpaired) electrons. The molecule has 0 aliphatic carbocycles. The highest BCUT2D eigenvalue weighted by atomic mass is 79.9. The van der Waals surface area contributed by atoms with Crippen LogP contribution in [0.25, 0.3) is 5.70 Å². The number of aromatic nitrogens is 1. The van der Waals surface area contributed by atoms with Crippen LogP contribution in [0.4, 0.5) is 0 Å². The lowest BCUT2D eigenvalue weighted by molar-refractivity contribution is 0.467. The molecule has 0 aliphatic heterocycles. The molecule has 4 nitrogen and oxygen atoms in total. The number of aromatic hydroxyl groups is 1. The maximum Gasteiger partial charge on any atom is 0.132 e. The maximum absolute atomic E-state index is 9.85.